The highest BCUT2D eigenvalue weighted by molar-refractivity contribution is 6.83. The summed E-state index contributed by atoms with van der Waals surface area (Å²) in [5.41, 5.74) is 4.88. The second-order valence-corrected chi connectivity index (χ2v) is 14.4. The van der Waals surface area contributed by atoms with Gasteiger partial charge in [-0.2, -0.15) is 9.97 Å². The van der Waals surface area contributed by atoms with Crippen LogP contribution in [0.2, 0.25) is 19.6 Å². The van der Waals surface area contributed by atoms with Gasteiger partial charge in [0.15, 0.2) is 11.6 Å². The minimum atomic E-state index is -1.67. The summed E-state index contributed by atoms with van der Waals surface area (Å²) < 4.78 is 21.0. The van der Waals surface area contributed by atoms with Crippen LogP contribution in [0.25, 0.3) is 28.6 Å². The van der Waals surface area contributed by atoms with Crippen LogP contribution in [0, 0.1) is 17.3 Å². The van der Waals surface area contributed by atoms with Gasteiger partial charge in [-0.25, -0.2) is 13.8 Å². The Bertz CT molecular complexity index is 1490. The lowest BCUT2D eigenvalue weighted by molar-refractivity contribution is 0.587. The predicted molar refractivity (Wildman–Crippen MR) is 138 cm³/mol. The monoisotopic (exact) mass is 484 g/mol. The summed E-state index contributed by atoms with van der Waals surface area (Å²) in [4.78, 5) is 22.2. The molecular weight excluding hydrogens is 459 g/mol. The van der Waals surface area contributed by atoms with Gasteiger partial charge in [0.1, 0.15) is 19.7 Å². The standard InChI is InChI=1S/C27H25FN4O2Si/c1-35(2,3)16-15-20-17-32(27(33)30-24(20)29-22-13-14-22)25-23(18-7-5-4-6-8-18)34-26(31-25)19-9-11-21(28)12-10-19/h4-12,17,22H,13-14H2,1-3H3,(H,29,30,33). The molecule has 0 atom stereocenters. The van der Waals surface area contributed by atoms with Crippen molar-refractivity contribution in [3.05, 3.63) is 82.7 Å². The van der Waals surface area contributed by atoms with Crippen molar-refractivity contribution in [1.82, 2.24) is 14.5 Å². The van der Waals surface area contributed by atoms with E-state index in [1.807, 2.05) is 30.3 Å². The van der Waals surface area contributed by atoms with Gasteiger partial charge in [0.05, 0.1) is 5.56 Å². The third-order valence-corrected chi connectivity index (χ3v) is 6.26. The molecule has 35 heavy (non-hydrogen) atoms. The van der Waals surface area contributed by atoms with E-state index in [1.165, 1.54) is 16.7 Å². The van der Waals surface area contributed by atoms with Crippen molar-refractivity contribution in [2.75, 3.05) is 5.32 Å². The van der Waals surface area contributed by atoms with Gasteiger partial charge in [-0.3, -0.25) is 0 Å². The molecule has 1 N–H and O–H groups in total. The van der Waals surface area contributed by atoms with E-state index in [9.17, 15) is 9.18 Å². The van der Waals surface area contributed by atoms with Crippen molar-refractivity contribution in [1.29, 1.82) is 0 Å². The molecule has 5 rings (SSSR count). The Hall–Kier alpha value is -3.96. The molecule has 0 spiro atoms. The number of oxazole rings is 1. The Morgan fingerprint density at radius 3 is 2.40 bits per heavy atom. The Kier molecular flexibility index (Phi) is 5.87. The summed E-state index contributed by atoms with van der Waals surface area (Å²) in [5, 5.41) is 3.33. The molecule has 1 saturated carbocycles. The summed E-state index contributed by atoms with van der Waals surface area (Å²) in [6.45, 7) is 6.49. The molecule has 0 unspecified atom stereocenters. The van der Waals surface area contributed by atoms with Gasteiger partial charge < -0.3 is 9.73 Å². The maximum atomic E-state index is 13.5. The molecule has 1 aliphatic carbocycles. The molecule has 6 nitrogen and oxygen atoms in total. The number of nitrogens with one attached hydrogen (secondary N) is 1. The van der Waals surface area contributed by atoms with Crippen molar-refractivity contribution < 1.29 is 8.81 Å². The topological polar surface area (TPSA) is 73.0 Å². The quantitative estimate of drug-likeness (QED) is 0.299. The lowest BCUT2D eigenvalue weighted by atomic mass is 10.2. The van der Waals surface area contributed by atoms with Crippen LogP contribution in [-0.4, -0.2) is 28.7 Å². The highest BCUT2D eigenvalue weighted by Gasteiger charge is 2.25. The van der Waals surface area contributed by atoms with Gasteiger partial charge in [0, 0.05) is 23.4 Å². The number of aromatic nitrogens is 3. The van der Waals surface area contributed by atoms with Crippen LogP contribution in [-0.2, 0) is 0 Å². The fourth-order valence-corrected chi connectivity index (χ4v) is 3.96. The fraction of sp³-hybridized carbons (Fsp3) is 0.222. The third-order valence-electron chi connectivity index (χ3n) is 5.38. The van der Waals surface area contributed by atoms with Crippen molar-refractivity contribution in [2.45, 2.75) is 38.5 Å². The fourth-order valence-electron chi connectivity index (χ4n) is 3.45. The molecule has 1 fully saturated rings. The zero-order valence-corrected chi connectivity index (χ0v) is 20.8. The van der Waals surface area contributed by atoms with E-state index in [4.69, 9.17) is 4.42 Å². The smallest absolute Gasteiger partial charge is 0.355 e. The highest BCUT2D eigenvalue weighted by Crippen LogP contribution is 2.32. The SMILES string of the molecule is C[Si](C)(C)C#Cc1cn(-c2nc(-c3ccc(F)cc3)oc2-c2ccccc2)c(=O)nc1NC1CC1. The van der Waals surface area contributed by atoms with E-state index in [0.29, 0.717) is 34.6 Å². The van der Waals surface area contributed by atoms with E-state index in [-0.39, 0.29) is 11.7 Å². The second kappa shape index (κ2) is 9.00. The number of anilines is 1. The van der Waals surface area contributed by atoms with E-state index in [0.717, 1.165) is 18.4 Å². The lowest BCUT2D eigenvalue weighted by Gasteiger charge is -2.10. The maximum absolute atomic E-state index is 13.5. The number of hydrogen-bond acceptors (Lipinski definition) is 5. The van der Waals surface area contributed by atoms with Gasteiger partial charge in [-0.05, 0) is 37.1 Å². The molecule has 4 aromatic rings. The summed E-state index contributed by atoms with van der Waals surface area (Å²) in [6.07, 6.45) is 3.79. The molecule has 2 aromatic carbocycles. The normalized spacial score (nSPS) is 13.3. The zero-order valence-electron chi connectivity index (χ0n) is 19.8. The summed E-state index contributed by atoms with van der Waals surface area (Å²) >= 11 is 0. The first-order chi connectivity index (χ1) is 16.8. The number of nitrogens with zero attached hydrogens (tertiary/aromatic N) is 3. The molecule has 1 aliphatic rings. The van der Waals surface area contributed by atoms with Gasteiger partial charge in [0.25, 0.3) is 0 Å². The van der Waals surface area contributed by atoms with Crippen LogP contribution in [0.4, 0.5) is 10.2 Å². The zero-order chi connectivity index (χ0) is 24.6. The third kappa shape index (κ3) is 5.25. The average Bonchev–Trinajstić information content (AvgIpc) is 3.54. The van der Waals surface area contributed by atoms with Crippen LogP contribution in [0.15, 0.2) is 70.0 Å². The average molecular weight is 485 g/mol. The molecule has 176 valence electrons. The van der Waals surface area contributed by atoms with Crippen molar-refractivity contribution in [2.24, 2.45) is 0 Å². The first-order valence-corrected chi connectivity index (χ1v) is 15.0. The highest BCUT2D eigenvalue weighted by atomic mass is 28.3. The lowest BCUT2D eigenvalue weighted by Crippen LogP contribution is -2.25. The van der Waals surface area contributed by atoms with Crippen molar-refractivity contribution in [3.63, 3.8) is 0 Å². The van der Waals surface area contributed by atoms with Crippen LogP contribution in [0.5, 0.6) is 0 Å². The van der Waals surface area contributed by atoms with Crippen molar-refractivity contribution in [3.8, 4) is 40.1 Å². The predicted octanol–water partition coefficient (Wildman–Crippen LogP) is 5.50. The van der Waals surface area contributed by atoms with Gasteiger partial charge in [-0.15, -0.1) is 5.54 Å². The van der Waals surface area contributed by atoms with Gasteiger partial charge in [0.2, 0.25) is 5.89 Å². The van der Waals surface area contributed by atoms with Crippen LogP contribution >= 0.6 is 0 Å². The molecule has 0 radical (unpaired) electrons. The Morgan fingerprint density at radius 1 is 1.03 bits per heavy atom. The van der Waals surface area contributed by atoms with E-state index in [2.05, 4.69) is 46.4 Å². The first kappa shape index (κ1) is 22.8. The molecule has 2 heterocycles. The number of benzene rings is 2. The Balaban J connectivity index is 1.69. The van der Waals surface area contributed by atoms with Crippen LogP contribution in [0.3, 0.4) is 0 Å². The minimum absolute atomic E-state index is 0.278. The van der Waals surface area contributed by atoms with Crippen LogP contribution in [0.1, 0.15) is 18.4 Å². The van der Waals surface area contributed by atoms with Crippen LogP contribution < -0.4 is 11.0 Å². The molecule has 2 aromatic heterocycles. The maximum Gasteiger partial charge on any atom is 0.355 e. The van der Waals surface area contributed by atoms with E-state index < -0.39 is 13.8 Å². The Labute approximate surface area is 203 Å². The molecule has 0 saturated heterocycles. The van der Waals surface area contributed by atoms with Gasteiger partial charge in [-0.1, -0.05) is 55.9 Å². The number of halogens is 1. The molecular formula is C27H25FN4O2Si. The number of hydrogen-bond donors (Lipinski definition) is 1. The largest absolute Gasteiger partial charge is 0.434 e. The molecule has 8 heteroatoms. The summed E-state index contributed by atoms with van der Waals surface area (Å²) in [7, 11) is -1.67. The van der Waals surface area contributed by atoms with E-state index >= 15 is 0 Å². The van der Waals surface area contributed by atoms with E-state index in [1.54, 1.807) is 18.3 Å². The molecule has 0 aliphatic heterocycles. The van der Waals surface area contributed by atoms with Gasteiger partial charge >= 0.3 is 5.69 Å². The first-order valence-electron chi connectivity index (χ1n) is 11.5. The molecule has 0 bridgehead atoms. The minimum Gasteiger partial charge on any atom is -0.434 e. The second-order valence-electron chi connectivity index (χ2n) is 9.62. The summed E-state index contributed by atoms with van der Waals surface area (Å²) in [6, 6.07) is 15.6. The van der Waals surface area contributed by atoms with Crippen molar-refractivity contribution >= 4 is 13.9 Å². The summed E-state index contributed by atoms with van der Waals surface area (Å²) in [5.74, 6) is 4.41. The number of rotatable bonds is 5. The molecule has 0 amide bonds. The Morgan fingerprint density at radius 2 is 1.74 bits per heavy atom.